The molecule has 2 aromatic carbocycles. The first-order valence-corrected chi connectivity index (χ1v) is 12.9. The quantitative estimate of drug-likeness (QED) is 0.380. The third kappa shape index (κ3) is 5.01. The number of amides is 4. The molecule has 2 aliphatic heterocycles. The lowest BCUT2D eigenvalue weighted by Crippen LogP contribution is -2.57. The number of carbonyl (C=O) groups is 4. The second kappa shape index (κ2) is 10.5. The van der Waals surface area contributed by atoms with E-state index in [0.717, 1.165) is 22.2 Å². The number of para-hydroxylation sites is 1. The maximum Gasteiger partial charge on any atom is 0.322 e. The molecule has 4 amide bonds. The Morgan fingerprint density at radius 2 is 1.82 bits per heavy atom. The number of aromatic amines is 1. The molecule has 38 heavy (non-hydrogen) atoms. The van der Waals surface area contributed by atoms with Crippen LogP contribution < -0.4 is 10.6 Å². The van der Waals surface area contributed by atoms with Gasteiger partial charge in [-0.3, -0.25) is 14.4 Å². The number of anilines is 1. The van der Waals surface area contributed by atoms with E-state index in [1.807, 2.05) is 24.3 Å². The fourth-order valence-corrected chi connectivity index (χ4v) is 5.48. The number of H-pyrrole nitrogens is 1. The number of nitrogens with zero attached hydrogens (tertiary/aromatic N) is 2. The van der Waals surface area contributed by atoms with Gasteiger partial charge in [0.15, 0.2) is 0 Å². The number of aromatic nitrogens is 1. The van der Waals surface area contributed by atoms with Crippen molar-refractivity contribution in [3.63, 3.8) is 0 Å². The first-order chi connectivity index (χ1) is 18.2. The summed E-state index contributed by atoms with van der Waals surface area (Å²) in [6, 6.07) is 10.3. The number of carboxylic acids is 1. The Morgan fingerprint density at radius 1 is 1.03 bits per heavy atom. The van der Waals surface area contributed by atoms with E-state index < -0.39 is 36.5 Å². The van der Waals surface area contributed by atoms with Crippen LogP contribution in [0.4, 0.5) is 10.5 Å². The molecule has 3 heterocycles. The summed E-state index contributed by atoms with van der Waals surface area (Å²) in [5.74, 6) is -2.05. The summed E-state index contributed by atoms with van der Waals surface area (Å²) < 4.78 is 0. The second-order valence-electron chi connectivity index (χ2n) is 9.34. The van der Waals surface area contributed by atoms with Crippen LogP contribution >= 0.6 is 23.2 Å². The summed E-state index contributed by atoms with van der Waals surface area (Å²) in [5.41, 5.74) is 3.10. The van der Waals surface area contributed by atoms with Crippen molar-refractivity contribution in [1.29, 1.82) is 0 Å². The number of hydrogen-bond donors (Lipinski definition) is 4. The monoisotopic (exact) mass is 557 g/mol. The average Bonchev–Trinajstić information content (AvgIpc) is 3.53. The highest BCUT2D eigenvalue weighted by Crippen LogP contribution is 2.33. The number of urea groups is 1. The Labute approximate surface area is 227 Å². The first kappa shape index (κ1) is 25.9. The van der Waals surface area contributed by atoms with E-state index in [1.165, 1.54) is 15.9 Å². The van der Waals surface area contributed by atoms with Crippen molar-refractivity contribution < 1.29 is 24.3 Å². The number of carboxylic acid groups (broad SMARTS) is 1. The van der Waals surface area contributed by atoms with Gasteiger partial charge in [0.05, 0.1) is 16.6 Å². The standard InChI is InChI=1S/C26H25Cl2N5O5/c27-17-8-7-14(10-18(17)28)30-26(38)33-13-20-16(15-4-1-2-5-19(15)31-20)11-22(33)25(37)32-9-3-6-21(32)24(36)29-12-23(34)35/h1-2,4-5,7-8,10,21-22,31H,3,6,9,11-13H2,(H,29,36)(H,30,38)(H,34,35). The number of carbonyl (C=O) groups excluding carboxylic acids is 3. The molecule has 0 radical (unpaired) electrons. The number of fused-ring (bicyclic) bond motifs is 3. The van der Waals surface area contributed by atoms with Gasteiger partial charge in [-0.15, -0.1) is 0 Å². The lowest BCUT2D eigenvalue weighted by atomic mass is 9.95. The van der Waals surface area contributed by atoms with Gasteiger partial charge in [-0.2, -0.15) is 0 Å². The summed E-state index contributed by atoms with van der Waals surface area (Å²) in [7, 11) is 0. The number of hydrogen-bond acceptors (Lipinski definition) is 4. The predicted molar refractivity (Wildman–Crippen MR) is 142 cm³/mol. The zero-order valence-corrected chi connectivity index (χ0v) is 21.7. The molecular weight excluding hydrogens is 533 g/mol. The van der Waals surface area contributed by atoms with Crippen LogP contribution in [0.25, 0.3) is 10.9 Å². The fraction of sp³-hybridized carbons (Fsp3) is 0.308. The van der Waals surface area contributed by atoms with Gasteiger partial charge in [0.25, 0.3) is 0 Å². The highest BCUT2D eigenvalue weighted by molar-refractivity contribution is 6.42. The van der Waals surface area contributed by atoms with Crippen molar-refractivity contribution in [1.82, 2.24) is 20.1 Å². The van der Waals surface area contributed by atoms with Crippen molar-refractivity contribution in [2.24, 2.45) is 0 Å². The Bertz CT molecular complexity index is 1440. The van der Waals surface area contributed by atoms with Crippen LogP contribution in [0.1, 0.15) is 24.1 Å². The Kier molecular flexibility index (Phi) is 7.18. The van der Waals surface area contributed by atoms with Gasteiger partial charge in [0, 0.05) is 35.2 Å². The normalized spacial score (nSPS) is 18.8. The first-order valence-electron chi connectivity index (χ1n) is 12.1. The second-order valence-corrected chi connectivity index (χ2v) is 10.2. The van der Waals surface area contributed by atoms with E-state index in [1.54, 1.807) is 12.1 Å². The van der Waals surface area contributed by atoms with Gasteiger partial charge < -0.3 is 30.5 Å². The van der Waals surface area contributed by atoms with Crippen molar-refractivity contribution in [3.8, 4) is 0 Å². The minimum atomic E-state index is -1.17. The lowest BCUT2D eigenvalue weighted by Gasteiger charge is -2.38. The minimum Gasteiger partial charge on any atom is -0.480 e. The molecule has 10 nitrogen and oxygen atoms in total. The third-order valence-corrected chi connectivity index (χ3v) is 7.71. The molecule has 3 aromatic rings. The maximum absolute atomic E-state index is 13.9. The number of halogens is 2. The Balaban J connectivity index is 1.45. The molecule has 0 bridgehead atoms. The topological polar surface area (TPSA) is 135 Å². The van der Waals surface area contributed by atoms with E-state index >= 15 is 0 Å². The Hall–Kier alpha value is -3.76. The molecule has 0 saturated carbocycles. The third-order valence-electron chi connectivity index (χ3n) is 6.97. The van der Waals surface area contributed by atoms with Gasteiger partial charge in [-0.25, -0.2) is 4.79 Å². The van der Waals surface area contributed by atoms with Crippen LogP contribution in [0, 0.1) is 0 Å². The predicted octanol–water partition coefficient (Wildman–Crippen LogP) is 3.63. The van der Waals surface area contributed by atoms with E-state index in [0.29, 0.717) is 30.1 Å². The maximum atomic E-state index is 13.9. The number of nitrogens with one attached hydrogen (secondary N) is 3. The van der Waals surface area contributed by atoms with Gasteiger partial charge >= 0.3 is 12.0 Å². The minimum absolute atomic E-state index is 0.150. The van der Waals surface area contributed by atoms with Crippen LogP contribution in [0.5, 0.6) is 0 Å². The largest absolute Gasteiger partial charge is 0.480 e. The van der Waals surface area contributed by atoms with Gasteiger partial charge in [0.2, 0.25) is 11.8 Å². The molecular formula is C26H25Cl2N5O5. The molecule has 2 atom stereocenters. The summed E-state index contributed by atoms with van der Waals surface area (Å²) in [4.78, 5) is 57.4. The smallest absolute Gasteiger partial charge is 0.322 e. The zero-order chi connectivity index (χ0) is 27.0. The average molecular weight is 558 g/mol. The van der Waals surface area contributed by atoms with E-state index in [9.17, 15) is 19.2 Å². The molecule has 2 unspecified atom stereocenters. The summed E-state index contributed by atoms with van der Waals surface area (Å²) >= 11 is 12.1. The summed E-state index contributed by atoms with van der Waals surface area (Å²) in [5, 5.41) is 15.7. The number of likely N-dealkylation sites (tertiary alicyclic amines) is 1. The fourth-order valence-electron chi connectivity index (χ4n) is 5.19. The Morgan fingerprint density at radius 3 is 2.58 bits per heavy atom. The molecule has 198 valence electrons. The van der Waals surface area contributed by atoms with Crippen molar-refractivity contribution in [2.45, 2.75) is 37.9 Å². The summed E-state index contributed by atoms with van der Waals surface area (Å²) in [6.45, 7) is -0.0432. The molecule has 12 heteroatoms. The van der Waals surface area contributed by atoms with E-state index in [4.69, 9.17) is 28.3 Å². The van der Waals surface area contributed by atoms with Gasteiger partial charge in [-0.1, -0.05) is 41.4 Å². The van der Waals surface area contributed by atoms with Crippen molar-refractivity contribution in [2.75, 3.05) is 18.4 Å². The molecule has 5 rings (SSSR count). The van der Waals surface area contributed by atoms with Crippen LogP contribution in [-0.4, -0.2) is 68.9 Å². The van der Waals surface area contributed by atoms with Crippen LogP contribution in [0.15, 0.2) is 42.5 Å². The zero-order valence-electron chi connectivity index (χ0n) is 20.2. The van der Waals surface area contributed by atoms with Crippen molar-refractivity contribution >= 4 is 63.6 Å². The molecule has 0 aliphatic carbocycles. The SMILES string of the molecule is O=C(O)CNC(=O)C1CCCN1C(=O)C1Cc2c([nH]c3ccccc23)CN1C(=O)Nc1ccc(Cl)c(Cl)c1. The van der Waals surface area contributed by atoms with E-state index in [2.05, 4.69) is 15.6 Å². The van der Waals surface area contributed by atoms with Crippen LogP contribution in [0.3, 0.4) is 0 Å². The highest BCUT2D eigenvalue weighted by Gasteiger charge is 2.43. The van der Waals surface area contributed by atoms with Crippen molar-refractivity contribution in [3.05, 3.63) is 63.8 Å². The molecule has 1 aromatic heterocycles. The lowest BCUT2D eigenvalue weighted by molar-refractivity contribution is -0.143. The molecule has 1 saturated heterocycles. The molecule has 2 aliphatic rings. The number of rotatable bonds is 5. The molecule has 1 fully saturated rings. The van der Waals surface area contributed by atoms with Crippen LogP contribution in [0.2, 0.25) is 10.0 Å². The number of aliphatic carboxylic acids is 1. The molecule has 4 N–H and O–H groups in total. The highest BCUT2D eigenvalue weighted by atomic mass is 35.5. The molecule has 0 spiro atoms. The van der Waals surface area contributed by atoms with Gasteiger partial charge in [0.1, 0.15) is 18.6 Å². The van der Waals surface area contributed by atoms with E-state index in [-0.39, 0.29) is 23.9 Å². The van der Waals surface area contributed by atoms with Crippen LogP contribution in [-0.2, 0) is 27.3 Å². The summed E-state index contributed by atoms with van der Waals surface area (Å²) in [6.07, 6.45) is 1.27. The van der Waals surface area contributed by atoms with Gasteiger partial charge in [-0.05, 0) is 42.7 Å². The number of benzene rings is 2.